The molecule has 0 saturated carbocycles. The molecule has 0 unspecified atom stereocenters. The van der Waals surface area contributed by atoms with Gasteiger partial charge >= 0.3 is 0 Å². The fourth-order valence-electron chi connectivity index (χ4n) is 4.25. The van der Waals surface area contributed by atoms with Crippen LogP contribution in [0.1, 0.15) is 50.3 Å². The van der Waals surface area contributed by atoms with Crippen molar-refractivity contribution in [2.24, 2.45) is 17.8 Å². The zero-order valence-corrected chi connectivity index (χ0v) is 18.5. The third-order valence-corrected chi connectivity index (χ3v) is 6.15. The number of carbonyl (C=O) groups is 1. The van der Waals surface area contributed by atoms with E-state index in [1.54, 1.807) is 11.7 Å². The summed E-state index contributed by atoms with van der Waals surface area (Å²) in [5, 5.41) is 5.58. The monoisotopic (exact) mass is 403 g/mol. The number of hydrogen-bond acceptors (Lipinski definition) is 4. The van der Waals surface area contributed by atoms with E-state index in [1.807, 2.05) is 50.5 Å². The van der Waals surface area contributed by atoms with Crippen molar-refractivity contribution in [1.82, 2.24) is 14.7 Å². The summed E-state index contributed by atoms with van der Waals surface area (Å²) in [6.45, 7) is 8.52. The number of likely N-dealkylation sites (N-methyl/N-ethyl adjacent to an activating group) is 1. The molecule has 3 aromatic rings. The summed E-state index contributed by atoms with van der Waals surface area (Å²) in [6.07, 6.45) is 1.97. The fraction of sp³-hybridized carbons (Fsp3) is 0.375. The average Bonchev–Trinajstić information content (AvgIpc) is 3.05. The Morgan fingerprint density at radius 2 is 1.73 bits per heavy atom. The van der Waals surface area contributed by atoms with E-state index >= 15 is 0 Å². The average molecular weight is 404 g/mol. The van der Waals surface area contributed by atoms with Gasteiger partial charge in [-0.15, -0.1) is 0 Å². The van der Waals surface area contributed by atoms with Gasteiger partial charge in [-0.2, -0.15) is 5.10 Å². The van der Waals surface area contributed by atoms with Crippen molar-refractivity contribution >= 4 is 22.8 Å². The zero-order chi connectivity index (χ0) is 21.8. The highest BCUT2D eigenvalue weighted by Gasteiger charge is 2.47. The van der Waals surface area contributed by atoms with Gasteiger partial charge in [-0.3, -0.25) is 14.4 Å². The van der Waals surface area contributed by atoms with Gasteiger partial charge in [0.1, 0.15) is 5.54 Å². The summed E-state index contributed by atoms with van der Waals surface area (Å²) in [4.78, 5) is 19.7. The van der Waals surface area contributed by atoms with Gasteiger partial charge < -0.3 is 5.73 Å². The Labute approximate surface area is 177 Å². The summed E-state index contributed by atoms with van der Waals surface area (Å²) < 4.78 is 1.79. The number of rotatable bonds is 2. The molecular formula is C24H29N5O. The smallest absolute Gasteiger partial charge is 0.239 e. The molecule has 1 aliphatic rings. The number of guanidine groups is 1. The maximum absolute atomic E-state index is 13.4. The molecule has 2 atom stereocenters. The van der Waals surface area contributed by atoms with E-state index in [-0.39, 0.29) is 17.3 Å². The van der Waals surface area contributed by atoms with Crippen molar-refractivity contribution in [2.75, 3.05) is 7.05 Å². The van der Waals surface area contributed by atoms with Crippen LogP contribution in [0.4, 0.5) is 0 Å². The van der Waals surface area contributed by atoms with E-state index < -0.39 is 11.5 Å². The number of fused-ring (bicyclic) bond motifs is 1. The first-order chi connectivity index (χ1) is 14.0. The Hall–Kier alpha value is -3.15. The normalized spacial score (nSPS) is 22.5. The molecule has 0 spiro atoms. The third-order valence-electron chi connectivity index (χ3n) is 6.15. The lowest BCUT2D eigenvalue weighted by molar-refractivity contribution is -0.130. The molecule has 0 aliphatic carbocycles. The Morgan fingerprint density at radius 1 is 1.07 bits per heavy atom. The maximum Gasteiger partial charge on any atom is 0.239 e. The van der Waals surface area contributed by atoms with E-state index in [4.69, 9.17) is 10.7 Å². The van der Waals surface area contributed by atoms with Gasteiger partial charge in [-0.25, -0.2) is 4.99 Å². The molecule has 1 amide bonds. The second-order valence-corrected chi connectivity index (χ2v) is 9.40. The Bertz CT molecular complexity index is 1150. The lowest BCUT2D eigenvalue weighted by Crippen LogP contribution is -2.52. The molecule has 2 heterocycles. The predicted octanol–water partition coefficient (Wildman–Crippen LogP) is 3.66. The van der Waals surface area contributed by atoms with Crippen molar-refractivity contribution in [3.8, 4) is 0 Å². The van der Waals surface area contributed by atoms with E-state index in [0.29, 0.717) is 0 Å². The second-order valence-electron chi connectivity index (χ2n) is 9.40. The van der Waals surface area contributed by atoms with Crippen LogP contribution in [-0.4, -0.2) is 33.6 Å². The van der Waals surface area contributed by atoms with Crippen LogP contribution in [0.3, 0.4) is 0 Å². The molecule has 2 aromatic carbocycles. The summed E-state index contributed by atoms with van der Waals surface area (Å²) in [6, 6.07) is 14.4. The van der Waals surface area contributed by atoms with Gasteiger partial charge in [-0.1, -0.05) is 57.2 Å². The van der Waals surface area contributed by atoms with Crippen LogP contribution in [-0.2, 0) is 22.8 Å². The van der Waals surface area contributed by atoms with Crippen LogP contribution in [0, 0.1) is 0 Å². The Morgan fingerprint density at radius 3 is 2.37 bits per heavy atom. The summed E-state index contributed by atoms with van der Waals surface area (Å²) in [5.41, 5.74) is 9.32. The Balaban J connectivity index is 1.88. The van der Waals surface area contributed by atoms with Crippen LogP contribution in [0.2, 0.25) is 0 Å². The summed E-state index contributed by atoms with van der Waals surface area (Å²) in [7, 11) is 3.58. The van der Waals surface area contributed by atoms with Gasteiger partial charge in [0.15, 0.2) is 5.96 Å². The van der Waals surface area contributed by atoms with Crippen LogP contribution in [0.5, 0.6) is 0 Å². The molecule has 30 heavy (non-hydrogen) atoms. The summed E-state index contributed by atoms with van der Waals surface area (Å²) in [5.74, 6) is -0.314. The number of nitrogens with two attached hydrogens (primary N) is 1. The number of benzene rings is 2. The fourth-order valence-corrected chi connectivity index (χ4v) is 4.25. The third kappa shape index (κ3) is 3.16. The quantitative estimate of drug-likeness (QED) is 0.709. The minimum absolute atomic E-state index is 0.0434. The molecule has 6 heteroatoms. The number of carbonyl (C=O) groups excluding carboxylic acids is 1. The molecule has 156 valence electrons. The molecule has 0 bridgehead atoms. The molecule has 1 aromatic heterocycles. The second kappa shape index (κ2) is 6.69. The summed E-state index contributed by atoms with van der Waals surface area (Å²) >= 11 is 0. The van der Waals surface area contributed by atoms with Gasteiger partial charge in [0.25, 0.3) is 0 Å². The zero-order valence-electron chi connectivity index (χ0n) is 18.5. The minimum Gasteiger partial charge on any atom is -0.369 e. The Kier molecular flexibility index (Phi) is 4.49. The number of aliphatic imine (C=N–C) groups is 1. The highest BCUT2D eigenvalue weighted by atomic mass is 16.2. The largest absolute Gasteiger partial charge is 0.369 e. The van der Waals surface area contributed by atoms with Crippen molar-refractivity contribution in [1.29, 1.82) is 0 Å². The molecular weight excluding hydrogens is 374 g/mol. The first-order valence-electron chi connectivity index (χ1n) is 10.2. The molecule has 0 fully saturated rings. The van der Waals surface area contributed by atoms with E-state index in [0.717, 1.165) is 22.0 Å². The van der Waals surface area contributed by atoms with Gasteiger partial charge in [0, 0.05) is 25.7 Å². The standard InChI is InChI=1S/C24H29N5O/c1-23(2,3)17-10-7-15(8-11-17)20-21(30)29(6)22(25)26-24(20,4)18-12-9-16-14-28(5)27-19(16)13-18/h7-14,20H,1-6H3,(H2,25,26)/t20-,24-/m1/s1. The highest BCUT2D eigenvalue weighted by molar-refractivity contribution is 6.02. The van der Waals surface area contributed by atoms with Gasteiger partial charge in [0.2, 0.25) is 5.91 Å². The van der Waals surface area contributed by atoms with E-state index in [9.17, 15) is 4.79 Å². The van der Waals surface area contributed by atoms with Crippen LogP contribution in [0.25, 0.3) is 10.9 Å². The van der Waals surface area contributed by atoms with Crippen molar-refractivity contribution in [3.05, 3.63) is 65.4 Å². The highest BCUT2D eigenvalue weighted by Crippen LogP contribution is 2.44. The van der Waals surface area contributed by atoms with Crippen molar-refractivity contribution < 1.29 is 4.79 Å². The van der Waals surface area contributed by atoms with Crippen molar-refractivity contribution in [3.63, 3.8) is 0 Å². The van der Waals surface area contributed by atoms with Crippen LogP contribution < -0.4 is 5.73 Å². The number of nitrogens with zero attached hydrogens (tertiary/aromatic N) is 4. The van der Waals surface area contributed by atoms with Gasteiger partial charge in [-0.05, 0) is 35.1 Å². The molecule has 6 nitrogen and oxygen atoms in total. The molecule has 2 N–H and O–H groups in total. The number of hydrogen-bond donors (Lipinski definition) is 1. The van der Waals surface area contributed by atoms with Gasteiger partial charge in [0.05, 0.1) is 11.4 Å². The topological polar surface area (TPSA) is 76.5 Å². The SMILES string of the molecule is CN1C(=O)[C@@H](c2ccc(C(C)(C)C)cc2)[C@@](C)(c2ccc3cn(C)nc3c2)N=C1N. The number of aromatic nitrogens is 2. The number of amides is 1. The lowest BCUT2D eigenvalue weighted by Gasteiger charge is -2.41. The number of aryl methyl sites for hydroxylation is 1. The molecule has 0 saturated heterocycles. The molecule has 4 rings (SSSR count). The minimum atomic E-state index is -0.831. The molecule has 0 radical (unpaired) electrons. The lowest BCUT2D eigenvalue weighted by atomic mass is 9.73. The first-order valence-corrected chi connectivity index (χ1v) is 10.2. The van der Waals surface area contributed by atoms with Crippen LogP contribution in [0.15, 0.2) is 53.7 Å². The van der Waals surface area contributed by atoms with Crippen LogP contribution >= 0.6 is 0 Å². The molecule has 1 aliphatic heterocycles. The van der Waals surface area contributed by atoms with Crippen molar-refractivity contribution in [2.45, 2.75) is 44.6 Å². The predicted molar refractivity (Wildman–Crippen MR) is 120 cm³/mol. The first kappa shape index (κ1) is 20.1. The maximum atomic E-state index is 13.4. The van der Waals surface area contributed by atoms with E-state index in [1.165, 1.54) is 10.5 Å². The van der Waals surface area contributed by atoms with E-state index in [2.05, 4.69) is 38.0 Å².